The van der Waals surface area contributed by atoms with E-state index in [1.54, 1.807) is 12.1 Å². The van der Waals surface area contributed by atoms with Gasteiger partial charge >= 0.3 is 0 Å². The molecule has 0 bridgehead atoms. The molecule has 0 fully saturated rings. The summed E-state index contributed by atoms with van der Waals surface area (Å²) in [4.78, 5) is 13.8. The number of pyridine rings is 2. The molecule has 1 aliphatic heterocycles. The third kappa shape index (κ3) is 11.4. The first-order valence-electron chi connectivity index (χ1n) is 22.9. The molecule has 69 heavy (non-hydrogen) atoms. The second-order valence-corrected chi connectivity index (χ2v) is 17.5. The Morgan fingerprint density at radius 3 is 1.41 bits per heavy atom. The number of benzene rings is 7. The third-order valence-electron chi connectivity index (χ3n) is 11.9. The van der Waals surface area contributed by atoms with Crippen molar-refractivity contribution in [3.63, 3.8) is 0 Å². The van der Waals surface area contributed by atoms with E-state index in [0.29, 0.717) is 11.8 Å². The zero-order valence-electron chi connectivity index (χ0n) is 39.1. The molecule has 7 aromatic carbocycles. The van der Waals surface area contributed by atoms with Crippen LogP contribution in [0.5, 0.6) is 0 Å². The van der Waals surface area contributed by atoms with Crippen molar-refractivity contribution in [2.75, 3.05) is 11.9 Å². The molecule has 0 aliphatic carbocycles. The maximum atomic E-state index is 13.7. The van der Waals surface area contributed by atoms with Gasteiger partial charge in [-0.3, -0.25) is 13.8 Å². The molecule has 3 heterocycles. The molecule has 0 N–H and O–H groups in total. The van der Waals surface area contributed by atoms with Crippen LogP contribution in [-0.4, -0.2) is 21.9 Å². The van der Waals surface area contributed by atoms with Gasteiger partial charge in [0.05, 0.1) is 5.82 Å². The van der Waals surface area contributed by atoms with Gasteiger partial charge in [-0.2, -0.15) is 0 Å². The van der Waals surface area contributed by atoms with Crippen LogP contribution in [0.25, 0.3) is 78.3 Å². The third-order valence-corrected chi connectivity index (χ3v) is 11.9. The largest absolute Gasteiger partial charge is 0.510 e. The summed E-state index contributed by atoms with van der Waals surface area (Å²) in [6, 6.07) is 68.5. The van der Waals surface area contributed by atoms with E-state index in [2.05, 4.69) is 143 Å². The van der Waals surface area contributed by atoms with Crippen LogP contribution >= 0.6 is 0 Å². The number of rotatable bonds is 10. The molecule has 1 aliphatic rings. The van der Waals surface area contributed by atoms with Gasteiger partial charge in [-0.05, 0) is 110 Å². The van der Waals surface area contributed by atoms with Crippen LogP contribution in [0.2, 0.25) is 0 Å². The molecule has 4 nitrogen and oxygen atoms in total. The van der Waals surface area contributed by atoms with Gasteiger partial charge in [0.2, 0.25) is 0 Å². The van der Waals surface area contributed by atoms with Gasteiger partial charge in [0.15, 0.2) is 0 Å². The summed E-state index contributed by atoms with van der Waals surface area (Å²) in [6.45, 7) is 11.0. The van der Waals surface area contributed by atoms with Gasteiger partial charge in [0.25, 0.3) is 0 Å². The minimum absolute atomic E-state index is 0. The summed E-state index contributed by atoms with van der Waals surface area (Å²) in [5.41, 5.74) is 16.6. The van der Waals surface area contributed by atoms with E-state index in [9.17, 15) is 8.78 Å². The van der Waals surface area contributed by atoms with Crippen LogP contribution in [0.15, 0.2) is 194 Å². The first-order valence-corrected chi connectivity index (χ1v) is 22.9. The average Bonchev–Trinajstić information content (AvgIpc) is 3.83. The minimum Gasteiger partial charge on any atom is -0.510 e. The number of hydrogen-bond acceptors (Lipinski definition) is 4. The monoisotopic (exact) mass is 1080 g/mol. The number of nitrogens with zero attached hydrogens (tertiary/aromatic N) is 4. The van der Waals surface area contributed by atoms with Crippen LogP contribution < -0.4 is 4.90 Å². The van der Waals surface area contributed by atoms with Crippen molar-refractivity contribution in [1.82, 2.24) is 14.9 Å². The molecule has 0 unspecified atom stereocenters. The average molecular weight is 1080 g/mol. The topological polar surface area (TPSA) is 32.3 Å². The summed E-state index contributed by atoms with van der Waals surface area (Å²) < 4.78 is 27.1. The molecule has 2 aromatic heterocycles. The molecule has 0 atom stereocenters. The summed E-state index contributed by atoms with van der Waals surface area (Å²) in [5.74, 6) is 0.824. The van der Waals surface area contributed by atoms with E-state index in [0.717, 1.165) is 56.3 Å². The number of hydrogen-bond donors (Lipinski definition) is 0. The molecule has 0 saturated carbocycles. The summed E-state index contributed by atoms with van der Waals surface area (Å²) in [7, 11) is 1.99. The van der Waals surface area contributed by atoms with Gasteiger partial charge in [-0.15, -0.1) is 102 Å². The zero-order valence-corrected chi connectivity index (χ0v) is 41.5. The van der Waals surface area contributed by atoms with Crippen molar-refractivity contribution < 1.29 is 28.9 Å². The van der Waals surface area contributed by atoms with Crippen LogP contribution in [0.3, 0.4) is 0 Å². The Kier molecular flexibility index (Phi) is 15.2. The molecule has 0 amide bonds. The van der Waals surface area contributed by atoms with E-state index in [1.165, 1.54) is 63.2 Å². The zero-order chi connectivity index (χ0) is 47.1. The molecule has 0 spiro atoms. The minimum atomic E-state index is -0.312. The molecule has 9 aromatic rings. The van der Waals surface area contributed by atoms with Crippen LogP contribution in [-0.2, 0) is 20.1 Å². The van der Waals surface area contributed by atoms with E-state index >= 15 is 0 Å². The van der Waals surface area contributed by atoms with Gasteiger partial charge in [0.1, 0.15) is 0 Å². The smallest absolute Gasteiger partial charge is 0.0949 e. The molecular formula is C62H50F2IrN4-4. The molecule has 10 rings (SSSR count). The summed E-state index contributed by atoms with van der Waals surface area (Å²) in [5, 5.41) is 0. The quantitative estimate of drug-likeness (QED) is 0.128. The SMILES string of the molecule is CC(C)c1cc(-c2ccccc2)cc(C(C)C)c1-c1cc(-c2[c-]cc(F)cc2)nc(N2C=CN(C)[CH-]2)c1.Fc1c[c-]c(-c2cc(-c3ccc(-c4ccccc4)cc3)cc(-c3[c-]cccc3)n2)cc1.[Ir]. The first kappa shape index (κ1) is 48.2. The second-order valence-electron chi connectivity index (χ2n) is 17.5. The van der Waals surface area contributed by atoms with Crippen LogP contribution in [0.1, 0.15) is 50.7 Å². The molecular weight excluding hydrogens is 1030 g/mol. The Hall–Kier alpha value is -7.31. The van der Waals surface area contributed by atoms with Gasteiger partial charge < -0.3 is 14.8 Å². The Morgan fingerprint density at radius 1 is 0.464 bits per heavy atom. The van der Waals surface area contributed by atoms with Crippen molar-refractivity contribution in [2.24, 2.45) is 0 Å². The van der Waals surface area contributed by atoms with Gasteiger partial charge in [-0.25, -0.2) is 0 Å². The number of halogens is 2. The van der Waals surface area contributed by atoms with Crippen LogP contribution in [0.4, 0.5) is 14.6 Å². The van der Waals surface area contributed by atoms with Crippen LogP contribution in [0, 0.1) is 36.5 Å². The van der Waals surface area contributed by atoms with E-state index in [1.807, 2.05) is 84.4 Å². The molecule has 7 heteroatoms. The normalized spacial score (nSPS) is 12.0. The molecule has 0 saturated heterocycles. The van der Waals surface area contributed by atoms with Crippen molar-refractivity contribution in [2.45, 2.75) is 39.5 Å². The maximum Gasteiger partial charge on any atom is 0.0949 e. The number of anilines is 1. The van der Waals surface area contributed by atoms with Crippen molar-refractivity contribution in [1.29, 1.82) is 0 Å². The van der Waals surface area contributed by atoms with E-state index in [-0.39, 0.29) is 31.7 Å². The fourth-order valence-electron chi connectivity index (χ4n) is 8.39. The van der Waals surface area contributed by atoms with E-state index < -0.39 is 0 Å². The molecule has 345 valence electrons. The summed E-state index contributed by atoms with van der Waals surface area (Å²) >= 11 is 0. The second kappa shape index (κ2) is 21.8. The van der Waals surface area contributed by atoms with Gasteiger partial charge in [0, 0.05) is 31.7 Å². The fourth-order valence-corrected chi connectivity index (χ4v) is 8.39. The maximum absolute atomic E-state index is 13.7. The Balaban J connectivity index is 0.000000186. The first-order chi connectivity index (χ1) is 33.1. The fraction of sp³-hybridized carbons (Fsp3) is 0.113. The summed E-state index contributed by atoms with van der Waals surface area (Å²) in [6.07, 6.45) is 3.99. The van der Waals surface area contributed by atoms with Crippen molar-refractivity contribution in [3.05, 3.63) is 242 Å². The van der Waals surface area contributed by atoms with Crippen molar-refractivity contribution in [3.8, 4) is 78.3 Å². The number of aromatic nitrogens is 2. The molecule has 1 radical (unpaired) electrons. The Labute approximate surface area is 419 Å². The standard InChI is InChI=1S/C33H32FN3.C29H18FN.Ir/c1-22(2)29-17-26(24-9-7-6-8-10-24)18-30(23(3)4)33(29)27-19-31(25-11-13-28(34)14-12-25)35-32(20-27)37-16-15-36(5)21-37;30-27-17-15-25(16-18-27)29-20-26(19-28(31-29)24-9-5-2-6-10-24)23-13-11-22(12-14-23)21-7-3-1-4-8-21;/h6-11,13-23H,1-5H3;1-9,11-15,17-20H;/q2*-2;. The predicted molar refractivity (Wildman–Crippen MR) is 275 cm³/mol. The predicted octanol–water partition coefficient (Wildman–Crippen LogP) is 16.1. The van der Waals surface area contributed by atoms with Crippen molar-refractivity contribution >= 4 is 5.82 Å². The Morgan fingerprint density at radius 2 is 0.928 bits per heavy atom. The Bertz CT molecular complexity index is 3130. The van der Waals surface area contributed by atoms with E-state index in [4.69, 9.17) is 9.97 Å². The van der Waals surface area contributed by atoms with Gasteiger partial charge in [-0.1, -0.05) is 143 Å².